The monoisotopic (exact) mass is 224 g/mol. The lowest BCUT2D eigenvalue weighted by molar-refractivity contribution is 0.0691. The quantitative estimate of drug-likeness (QED) is 0.782. The Morgan fingerprint density at radius 1 is 1.56 bits per heavy atom. The third-order valence-corrected chi connectivity index (χ3v) is 1.97. The van der Waals surface area contributed by atoms with Crippen LogP contribution in [0, 0.1) is 5.82 Å². The van der Waals surface area contributed by atoms with E-state index in [-0.39, 0.29) is 17.9 Å². The molecule has 0 radical (unpaired) electrons. The summed E-state index contributed by atoms with van der Waals surface area (Å²) in [6, 6.07) is 3.81. The molecule has 0 unspecified atom stereocenters. The highest BCUT2D eigenvalue weighted by Crippen LogP contribution is 2.23. The number of ether oxygens (including phenoxy) is 1. The van der Waals surface area contributed by atoms with E-state index in [1.54, 1.807) is 0 Å². The first-order valence-corrected chi connectivity index (χ1v) is 4.81. The van der Waals surface area contributed by atoms with Crippen LogP contribution in [0.1, 0.15) is 23.7 Å². The predicted molar refractivity (Wildman–Crippen MR) is 58.3 cm³/mol. The Labute approximate surface area is 93.2 Å². The van der Waals surface area contributed by atoms with Crippen LogP contribution in [0.15, 0.2) is 30.4 Å². The zero-order chi connectivity index (χ0) is 12.1. The highest BCUT2D eigenvalue weighted by Gasteiger charge is 2.15. The number of carboxylic acid groups (broad SMARTS) is 1. The second-order valence-electron chi connectivity index (χ2n) is 3.48. The average Bonchev–Trinajstić information content (AvgIpc) is 2.19. The van der Waals surface area contributed by atoms with Crippen LogP contribution in [0.25, 0.3) is 0 Å². The topological polar surface area (TPSA) is 46.5 Å². The number of carboxylic acids is 1. The molecular weight excluding hydrogens is 211 g/mol. The van der Waals surface area contributed by atoms with Crippen molar-refractivity contribution >= 4 is 5.97 Å². The van der Waals surface area contributed by atoms with Crippen molar-refractivity contribution in [1.82, 2.24) is 0 Å². The Morgan fingerprint density at radius 3 is 2.81 bits per heavy atom. The fourth-order valence-electron chi connectivity index (χ4n) is 1.15. The lowest BCUT2D eigenvalue weighted by Gasteiger charge is -2.09. The standard InChI is InChI=1S/C12H13FO3/c1-8(2)6-7-16-11-9(12(14)15)4-3-5-10(11)13/h3-5H,1,6-7H2,2H3,(H,14,15). The summed E-state index contributed by atoms with van der Waals surface area (Å²) in [6.45, 7) is 5.72. The molecule has 0 aliphatic rings. The van der Waals surface area contributed by atoms with Crippen molar-refractivity contribution in [2.24, 2.45) is 0 Å². The van der Waals surface area contributed by atoms with Crippen molar-refractivity contribution in [3.05, 3.63) is 41.7 Å². The van der Waals surface area contributed by atoms with Crippen molar-refractivity contribution in [3.8, 4) is 5.75 Å². The van der Waals surface area contributed by atoms with Crippen LogP contribution in [0.4, 0.5) is 4.39 Å². The molecule has 1 N–H and O–H groups in total. The molecule has 0 spiro atoms. The first kappa shape index (κ1) is 12.2. The van der Waals surface area contributed by atoms with E-state index < -0.39 is 11.8 Å². The Bertz CT molecular complexity index is 413. The molecule has 0 aliphatic heterocycles. The molecule has 0 fully saturated rings. The SMILES string of the molecule is C=C(C)CCOc1c(F)cccc1C(=O)O. The van der Waals surface area contributed by atoms with Gasteiger partial charge in [0.1, 0.15) is 5.56 Å². The summed E-state index contributed by atoms with van der Waals surface area (Å²) >= 11 is 0. The van der Waals surface area contributed by atoms with Crippen molar-refractivity contribution in [2.45, 2.75) is 13.3 Å². The van der Waals surface area contributed by atoms with Crippen molar-refractivity contribution < 1.29 is 19.0 Å². The third-order valence-electron chi connectivity index (χ3n) is 1.97. The summed E-state index contributed by atoms with van der Waals surface area (Å²) in [6.07, 6.45) is 0.563. The van der Waals surface area contributed by atoms with Gasteiger partial charge in [0.05, 0.1) is 6.61 Å². The number of para-hydroxylation sites is 1. The summed E-state index contributed by atoms with van der Waals surface area (Å²) in [5.41, 5.74) is 0.731. The number of hydrogen-bond acceptors (Lipinski definition) is 2. The van der Waals surface area contributed by atoms with Gasteiger partial charge in [-0.05, 0) is 19.1 Å². The predicted octanol–water partition coefficient (Wildman–Crippen LogP) is 2.87. The fourth-order valence-corrected chi connectivity index (χ4v) is 1.15. The Balaban J connectivity index is 2.84. The highest BCUT2D eigenvalue weighted by atomic mass is 19.1. The molecule has 4 heteroatoms. The van der Waals surface area contributed by atoms with Crippen LogP contribution in [0.2, 0.25) is 0 Å². The number of rotatable bonds is 5. The normalized spacial score (nSPS) is 9.88. The molecule has 0 saturated carbocycles. The van der Waals surface area contributed by atoms with Gasteiger partial charge < -0.3 is 9.84 Å². The van der Waals surface area contributed by atoms with E-state index in [0.29, 0.717) is 6.42 Å². The molecule has 0 aliphatic carbocycles. The average molecular weight is 224 g/mol. The van der Waals surface area contributed by atoms with Gasteiger partial charge in [-0.2, -0.15) is 0 Å². The van der Waals surface area contributed by atoms with Gasteiger partial charge >= 0.3 is 5.97 Å². The summed E-state index contributed by atoms with van der Waals surface area (Å²) in [5, 5.41) is 8.83. The molecule has 1 aromatic rings. The van der Waals surface area contributed by atoms with Gasteiger partial charge in [0, 0.05) is 6.42 Å². The Morgan fingerprint density at radius 2 is 2.25 bits per heavy atom. The number of aromatic carboxylic acids is 1. The van der Waals surface area contributed by atoms with Gasteiger partial charge in [-0.3, -0.25) is 0 Å². The lowest BCUT2D eigenvalue weighted by atomic mass is 10.2. The summed E-state index contributed by atoms with van der Waals surface area (Å²) in [4.78, 5) is 10.8. The Kier molecular flexibility index (Phi) is 4.05. The van der Waals surface area contributed by atoms with E-state index in [4.69, 9.17) is 9.84 Å². The number of benzene rings is 1. The number of carbonyl (C=O) groups is 1. The molecule has 0 bridgehead atoms. The van der Waals surface area contributed by atoms with Crippen molar-refractivity contribution in [3.63, 3.8) is 0 Å². The zero-order valence-corrected chi connectivity index (χ0v) is 9.00. The molecule has 0 atom stereocenters. The van der Waals surface area contributed by atoms with E-state index >= 15 is 0 Å². The number of hydrogen-bond donors (Lipinski definition) is 1. The maximum absolute atomic E-state index is 13.3. The molecule has 1 aromatic carbocycles. The van der Waals surface area contributed by atoms with E-state index in [1.165, 1.54) is 18.2 Å². The maximum atomic E-state index is 13.3. The van der Waals surface area contributed by atoms with Gasteiger partial charge in [0.2, 0.25) is 0 Å². The second-order valence-corrected chi connectivity index (χ2v) is 3.48. The van der Waals surface area contributed by atoms with Crippen LogP contribution in [0.5, 0.6) is 5.75 Å². The maximum Gasteiger partial charge on any atom is 0.339 e. The van der Waals surface area contributed by atoms with Gasteiger partial charge in [0.15, 0.2) is 11.6 Å². The first-order valence-electron chi connectivity index (χ1n) is 4.81. The minimum atomic E-state index is -1.20. The summed E-state index contributed by atoms with van der Waals surface area (Å²) in [7, 11) is 0. The minimum absolute atomic E-state index is 0.165. The fraction of sp³-hybridized carbons (Fsp3) is 0.250. The molecule has 0 saturated heterocycles. The van der Waals surface area contributed by atoms with Crippen molar-refractivity contribution in [1.29, 1.82) is 0 Å². The van der Waals surface area contributed by atoms with E-state index in [0.717, 1.165) is 5.57 Å². The largest absolute Gasteiger partial charge is 0.489 e. The Hall–Kier alpha value is -1.84. The first-order chi connectivity index (χ1) is 7.52. The summed E-state index contributed by atoms with van der Waals surface area (Å²) in [5.74, 6) is -2.08. The molecule has 0 aromatic heterocycles. The van der Waals surface area contributed by atoms with Crippen LogP contribution >= 0.6 is 0 Å². The zero-order valence-electron chi connectivity index (χ0n) is 9.00. The lowest BCUT2D eigenvalue weighted by Crippen LogP contribution is -2.06. The molecule has 0 heterocycles. The van der Waals surface area contributed by atoms with Crippen LogP contribution in [-0.2, 0) is 0 Å². The molecule has 1 rings (SSSR count). The van der Waals surface area contributed by atoms with Crippen LogP contribution in [-0.4, -0.2) is 17.7 Å². The van der Waals surface area contributed by atoms with Gasteiger partial charge in [0.25, 0.3) is 0 Å². The molecule has 3 nitrogen and oxygen atoms in total. The van der Waals surface area contributed by atoms with Gasteiger partial charge in [-0.25, -0.2) is 9.18 Å². The van der Waals surface area contributed by atoms with Crippen LogP contribution in [0.3, 0.4) is 0 Å². The van der Waals surface area contributed by atoms with E-state index in [1.807, 2.05) is 6.92 Å². The second kappa shape index (κ2) is 5.30. The smallest absolute Gasteiger partial charge is 0.339 e. The van der Waals surface area contributed by atoms with Crippen LogP contribution < -0.4 is 4.74 Å². The number of halogens is 1. The van der Waals surface area contributed by atoms with Gasteiger partial charge in [-0.1, -0.05) is 11.6 Å². The summed E-state index contributed by atoms with van der Waals surface area (Å²) < 4.78 is 18.4. The highest BCUT2D eigenvalue weighted by molar-refractivity contribution is 5.90. The van der Waals surface area contributed by atoms with Crippen molar-refractivity contribution in [2.75, 3.05) is 6.61 Å². The molecule has 0 amide bonds. The molecular formula is C12H13FO3. The molecule has 16 heavy (non-hydrogen) atoms. The van der Waals surface area contributed by atoms with E-state index in [9.17, 15) is 9.18 Å². The minimum Gasteiger partial charge on any atom is -0.489 e. The van der Waals surface area contributed by atoms with Gasteiger partial charge in [-0.15, -0.1) is 6.58 Å². The third kappa shape index (κ3) is 3.08. The van der Waals surface area contributed by atoms with E-state index in [2.05, 4.69) is 6.58 Å². The molecule has 86 valence electrons.